The van der Waals surface area contributed by atoms with Crippen LogP contribution in [0.3, 0.4) is 0 Å². The summed E-state index contributed by atoms with van der Waals surface area (Å²) in [4.78, 5) is 15.8. The molecule has 1 amide bonds. The van der Waals surface area contributed by atoms with E-state index in [4.69, 9.17) is 4.42 Å². The van der Waals surface area contributed by atoms with Crippen LogP contribution < -0.4 is 4.72 Å². The predicted octanol–water partition coefficient (Wildman–Crippen LogP) is 3.18. The molecule has 2 aromatic heterocycles. The van der Waals surface area contributed by atoms with Crippen molar-refractivity contribution >= 4 is 27.3 Å². The highest BCUT2D eigenvalue weighted by Crippen LogP contribution is 2.34. The van der Waals surface area contributed by atoms with E-state index >= 15 is 0 Å². The first-order chi connectivity index (χ1) is 11.6. The van der Waals surface area contributed by atoms with Gasteiger partial charge in [-0.3, -0.25) is 4.79 Å². The molecule has 3 rings (SSSR count). The Morgan fingerprint density at radius 1 is 1.32 bits per heavy atom. The molecular formula is C17H22N2O4S2. The lowest BCUT2D eigenvalue weighted by atomic mass is 10.0. The number of amides is 1. The number of sulfonamides is 1. The van der Waals surface area contributed by atoms with Crippen molar-refractivity contribution in [2.45, 2.75) is 50.8 Å². The molecule has 0 saturated carbocycles. The molecule has 0 saturated heterocycles. The van der Waals surface area contributed by atoms with Crippen molar-refractivity contribution in [3.8, 4) is 0 Å². The highest BCUT2D eigenvalue weighted by Gasteiger charge is 2.32. The largest absolute Gasteiger partial charge is 0.438 e. The molecule has 8 heteroatoms. The van der Waals surface area contributed by atoms with Crippen molar-refractivity contribution in [3.05, 3.63) is 39.8 Å². The SMILES string of the molecule is C[C@H]1c2ccsc2CCN1C(=O)c1ccc(S(=O)(=O)NC(C)(C)C)o1. The maximum Gasteiger partial charge on any atom is 0.290 e. The normalized spacial score (nSPS) is 18.2. The third-order valence-electron chi connectivity index (χ3n) is 4.04. The number of thiophene rings is 1. The smallest absolute Gasteiger partial charge is 0.290 e. The Kier molecular flexibility index (Phi) is 4.55. The van der Waals surface area contributed by atoms with E-state index in [1.807, 2.05) is 18.4 Å². The zero-order valence-electron chi connectivity index (χ0n) is 14.7. The van der Waals surface area contributed by atoms with Crippen LogP contribution in [0.25, 0.3) is 0 Å². The number of fused-ring (bicyclic) bond motifs is 1. The molecule has 0 unspecified atom stereocenters. The van der Waals surface area contributed by atoms with Crippen LogP contribution in [0.4, 0.5) is 0 Å². The van der Waals surface area contributed by atoms with Gasteiger partial charge in [-0.25, -0.2) is 13.1 Å². The third-order valence-corrected chi connectivity index (χ3v) is 6.66. The lowest BCUT2D eigenvalue weighted by Crippen LogP contribution is -2.40. The molecule has 0 spiro atoms. The zero-order chi connectivity index (χ0) is 18.4. The maximum atomic E-state index is 12.8. The van der Waals surface area contributed by atoms with Crippen LogP contribution in [0.1, 0.15) is 54.7 Å². The van der Waals surface area contributed by atoms with Gasteiger partial charge >= 0.3 is 0 Å². The number of nitrogens with zero attached hydrogens (tertiary/aromatic N) is 1. The minimum absolute atomic E-state index is 0.0415. The van der Waals surface area contributed by atoms with E-state index in [2.05, 4.69) is 4.72 Å². The summed E-state index contributed by atoms with van der Waals surface area (Å²) in [6.45, 7) is 7.80. The molecule has 1 N–H and O–H groups in total. The summed E-state index contributed by atoms with van der Waals surface area (Å²) in [6.07, 6.45) is 0.806. The van der Waals surface area contributed by atoms with Crippen LogP contribution >= 0.6 is 11.3 Å². The van der Waals surface area contributed by atoms with Gasteiger partial charge in [-0.15, -0.1) is 11.3 Å². The van der Waals surface area contributed by atoms with Gasteiger partial charge in [-0.1, -0.05) is 0 Å². The van der Waals surface area contributed by atoms with Crippen LogP contribution in [-0.4, -0.2) is 31.3 Å². The van der Waals surface area contributed by atoms with Crippen molar-refractivity contribution in [3.63, 3.8) is 0 Å². The van der Waals surface area contributed by atoms with Gasteiger partial charge in [0.15, 0.2) is 5.76 Å². The molecule has 0 aliphatic carbocycles. The second kappa shape index (κ2) is 6.26. The van der Waals surface area contributed by atoms with E-state index in [-0.39, 0.29) is 22.8 Å². The van der Waals surface area contributed by atoms with E-state index in [9.17, 15) is 13.2 Å². The fraction of sp³-hybridized carbons (Fsp3) is 0.471. The van der Waals surface area contributed by atoms with Gasteiger partial charge in [0.25, 0.3) is 15.9 Å². The second-order valence-electron chi connectivity index (χ2n) is 7.20. The molecule has 0 aromatic carbocycles. The molecule has 1 atom stereocenters. The molecule has 25 heavy (non-hydrogen) atoms. The average Bonchev–Trinajstić information content (AvgIpc) is 3.14. The van der Waals surface area contributed by atoms with Crippen LogP contribution in [0.5, 0.6) is 0 Å². The van der Waals surface area contributed by atoms with Crippen LogP contribution in [0, 0.1) is 0 Å². The first kappa shape index (κ1) is 18.2. The highest BCUT2D eigenvalue weighted by molar-refractivity contribution is 7.89. The number of hydrogen-bond donors (Lipinski definition) is 1. The summed E-state index contributed by atoms with van der Waals surface area (Å²) in [7, 11) is -3.80. The Morgan fingerprint density at radius 3 is 2.72 bits per heavy atom. The summed E-state index contributed by atoms with van der Waals surface area (Å²) in [6, 6.07) is 4.73. The first-order valence-electron chi connectivity index (χ1n) is 8.09. The van der Waals surface area contributed by atoms with Gasteiger partial charge in [0.05, 0.1) is 6.04 Å². The summed E-state index contributed by atoms with van der Waals surface area (Å²) >= 11 is 1.70. The van der Waals surface area contributed by atoms with E-state index < -0.39 is 15.6 Å². The minimum atomic E-state index is -3.80. The van der Waals surface area contributed by atoms with Gasteiger partial charge in [0.2, 0.25) is 5.09 Å². The zero-order valence-corrected chi connectivity index (χ0v) is 16.3. The standard InChI is InChI=1S/C17H22N2O4S2/c1-11-12-8-10-24-14(12)7-9-19(11)16(20)13-5-6-15(23-13)25(21,22)18-17(2,3)4/h5-6,8,10-11,18H,7,9H2,1-4H3/t11-/m0/s1. The molecule has 0 fully saturated rings. The van der Waals surface area contributed by atoms with Crippen molar-refractivity contribution < 1.29 is 17.6 Å². The molecule has 0 bridgehead atoms. The van der Waals surface area contributed by atoms with Crippen LogP contribution in [-0.2, 0) is 16.4 Å². The number of nitrogens with one attached hydrogen (secondary N) is 1. The van der Waals surface area contributed by atoms with E-state index in [0.717, 1.165) is 12.0 Å². The number of rotatable bonds is 3. The van der Waals surface area contributed by atoms with Crippen molar-refractivity contribution in [1.82, 2.24) is 9.62 Å². The summed E-state index contributed by atoms with van der Waals surface area (Å²) in [5, 5.41) is 1.79. The molecule has 1 aliphatic heterocycles. The fourth-order valence-corrected chi connectivity index (χ4v) is 5.28. The molecule has 0 radical (unpaired) electrons. The predicted molar refractivity (Wildman–Crippen MR) is 96.3 cm³/mol. The number of furan rings is 1. The Morgan fingerprint density at radius 2 is 2.04 bits per heavy atom. The summed E-state index contributed by atoms with van der Waals surface area (Å²) in [5.41, 5.74) is 0.519. The average molecular weight is 383 g/mol. The van der Waals surface area contributed by atoms with Gasteiger partial charge in [0.1, 0.15) is 0 Å². The van der Waals surface area contributed by atoms with Gasteiger partial charge in [-0.2, -0.15) is 0 Å². The van der Waals surface area contributed by atoms with Crippen molar-refractivity contribution in [1.29, 1.82) is 0 Å². The lowest BCUT2D eigenvalue weighted by Gasteiger charge is -2.33. The lowest BCUT2D eigenvalue weighted by molar-refractivity contribution is 0.0640. The number of hydrogen-bond acceptors (Lipinski definition) is 5. The topological polar surface area (TPSA) is 79.6 Å². The van der Waals surface area contributed by atoms with Gasteiger partial charge in [-0.05, 0) is 63.3 Å². The van der Waals surface area contributed by atoms with Gasteiger partial charge < -0.3 is 9.32 Å². The molecule has 6 nitrogen and oxygen atoms in total. The Labute approximate surface area is 151 Å². The minimum Gasteiger partial charge on any atom is -0.438 e. The Hall–Kier alpha value is -1.64. The van der Waals surface area contributed by atoms with Crippen molar-refractivity contribution in [2.24, 2.45) is 0 Å². The Bertz CT molecular complexity index is 890. The van der Waals surface area contributed by atoms with Crippen molar-refractivity contribution in [2.75, 3.05) is 6.54 Å². The highest BCUT2D eigenvalue weighted by atomic mass is 32.2. The molecule has 1 aliphatic rings. The molecular weight excluding hydrogens is 360 g/mol. The number of carbonyl (C=O) groups is 1. The number of carbonyl (C=O) groups excluding carboxylic acids is 1. The summed E-state index contributed by atoms with van der Waals surface area (Å²) < 4.78 is 32.6. The monoisotopic (exact) mass is 382 g/mol. The quantitative estimate of drug-likeness (QED) is 0.884. The molecule has 3 heterocycles. The molecule has 136 valence electrons. The summed E-state index contributed by atoms with van der Waals surface area (Å²) in [5.74, 6) is -0.249. The first-order valence-corrected chi connectivity index (χ1v) is 10.5. The van der Waals surface area contributed by atoms with E-state index in [1.165, 1.54) is 17.0 Å². The molecule has 2 aromatic rings. The fourth-order valence-electron chi connectivity index (χ4n) is 2.96. The second-order valence-corrected chi connectivity index (χ2v) is 9.81. The van der Waals surface area contributed by atoms with Crippen LogP contribution in [0.15, 0.2) is 33.1 Å². The van der Waals surface area contributed by atoms with Crippen LogP contribution in [0.2, 0.25) is 0 Å². The third kappa shape index (κ3) is 3.65. The van der Waals surface area contributed by atoms with Gasteiger partial charge in [0, 0.05) is 17.0 Å². The van der Waals surface area contributed by atoms with E-state index in [0.29, 0.717) is 6.54 Å². The van der Waals surface area contributed by atoms with E-state index in [1.54, 1.807) is 37.0 Å². The maximum absolute atomic E-state index is 12.8. The Balaban J connectivity index is 1.82.